The summed E-state index contributed by atoms with van der Waals surface area (Å²) in [5.74, 6) is -0.171. The molecule has 28 heavy (non-hydrogen) atoms. The maximum atomic E-state index is 13.3. The number of nitrogens with one attached hydrogen (secondary N) is 2. The van der Waals surface area contributed by atoms with E-state index in [-0.39, 0.29) is 42.6 Å². The molecule has 7 heteroatoms. The second-order valence-electron chi connectivity index (χ2n) is 7.28. The van der Waals surface area contributed by atoms with E-state index in [4.69, 9.17) is 0 Å². The lowest BCUT2D eigenvalue weighted by atomic mass is 10.1. The Morgan fingerprint density at radius 1 is 1.21 bits per heavy atom. The van der Waals surface area contributed by atoms with Gasteiger partial charge in [-0.15, -0.1) is 24.8 Å². The Kier molecular flexibility index (Phi) is 8.25. The number of hydrogen-bond acceptors (Lipinski definition) is 3. The first kappa shape index (κ1) is 22.6. The van der Waals surface area contributed by atoms with Crippen LogP contribution < -0.4 is 10.6 Å². The molecule has 0 bridgehead atoms. The lowest BCUT2D eigenvalue weighted by molar-refractivity contribution is -0.117. The fourth-order valence-corrected chi connectivity index (χ4v) is 3.85. The number of carbonyl (C=O) groups excluding carboxylic acids is 1. The number of rotatable bonds is 4. The van der Waals surface area contributed by atoms with Crippen molar-refractivity contribution in [2.24, 2.45) is 0 Å². The van der Waals surface area contributed by atoms with E-state index in [0.717, 1.165) is 56.3 Å². The third kappa shape index (κ3) is 5.67. The van der Waals surface area contributed by atoms with Crippen LogP contribution in [0, 0.1) is 5.82 Å². The Bertz CT molecular complexity index is 851. The van der Waals surface area contributed by atoms with Gasteiger partial charge in [0.25, 0.3) is 0 Å². The van der Waals surface area contributed by atoms with Crippen molar-refractivity contribution in [3.63, 3.8) is 0 Å². The van der Waals surface area contributed by atoms with Gasteiger partial charge in [0.15, 0.2) is 0 Å². The van der Waals surface area contributed by atoms with Gasteiger partial charge in [-0.25, -0.2) is 4.39 Å². The summed E-state index contributed by atoms with van der Waals surface area (Å²) in [6.07, 6.45) is 3.70. The summed E-state index contributed by atoms with van der Waals surface area (Å²) < 4.78 is 13.3. The third-order valence-corrected chi connectivity index (χ3v) is 5.20. The molecule has 0 spiro atoms. The van der Waals surface area contributed by atoms with Crippen LogP contribution in [0.5, 0.6) is 0 Å². The summed E-state index contributed by atoms with van der Waals surface area (Å²) in [7, 11) is 0. The molecule has 2 heterocycles. The molecule has 2 aromatic rings. The molecular weight excluding hydrogens is 400 g/mol. The molecule has 2 N–H and O–H groups in total. The van der Waals surface area contributed by atoms with Crippen LogP contribution >= 0.6 is 24.8 Å². The second kappa shape index (κ2) is 10.2. The number of hydrogen-bond donors (Lipinski definition) is 2. The molecular formula is C21H26Cl2FN3O. The van der Waals surface area contributed by atoms with Gasteiger partial charge in [0.2, 0.25) is 5.91 Å². The van der Waals surface area contributed by atoms with Crippen molar-refractivity contribution < 1.29 is 9.18 Å². The monoisotopic (exact) mass is 425 g/mol. The van der Waals surface area contributed by atoms with E-state index in [1.165, 1.54) is 17.2 Å². The molecule has 2 aromatic carbocycles. The number of amides is 1. The number of likely N-dealkylation sites (tertiary alicyclic amines) is 1. The van der Waals surface area contributed by atoms with Crippen LogP contribution in [0.3, 0.4) is 0 Å². The lowest BCUT2D eigenvalue weighted by Crippen LogP contribution is -2.36. The Hall–Kier alpha value is -1.66. The van der Waals surface area contributed by atoms with Gasteiger partial charge in [-0.3, -0.25) is 9.69 Å². The van der Waals surface area contributed by atoms with Crippen molar-refractivity contribution in [2.45, 2.75) is 25.4 Å². The minimum Gasteiger partial charge on any atom is -0.348 e. The quantitative estimate of drug-likeness (QED) is 0.737. The second-order valence-corrected chi connectivity index (χ2v) is 7.28. The number of halogens is 3. The smallest absolute Gasteiger partial charge is 0.244 e. The van der Waals surface area contributed by atoms with Gasteiger partial charge in [-0.2, -0.15) is 0 Å². The standard InChI is InChI=1S/C21H24FN3O.2ClH/c22-19-4-3-17-9-16(1-2-18(17)11-19)13-25-8-6-20(14-25)24-21(26)10-15-5-7-23-12-15;;/h1-4,9-11,20,23H,5-8,12-14H2,(H,24,26);2*1H/t20-;;/m1../s1. The van der Waals surface area contributed by atoms with E-state index in [1.54, 1.807) is 12.1 Å². The minimum absolute atomic E-state index is 0. The number of carbonyl (C=O) groups is 1. The molecule has 0 saturated carbocycles. The summed E-state index contributed by atoms with van der Waals surface area (Å²) in [5, 5.41) is 8.36. The Morgan fingerprint density at radius 2 is 2.00 bits per heavy atom. The minimum atomic E-state index is -0.202. The Labute approximate surface area is 177 Å². The van der Waals surface area contributed by atoms with Gasteiger partial charge >= 0.3 is 0 Å². The highest BCUT2D eigenvalue weighted by molar-refractivity contribution is 5.88. The van der Waals surface area contributed by atoms with Crippen molar-refractivity contribution in [3.05, 3.63) is 59.4 Å². The van der Waals surface area contributed by atoms with E-state index >= 15 is 0 Å². The zero-order chi connectivity index (χ0) is 17.9. The van der Waals surface area contributed by atoms with E-state index in [1.807, 2.05) is 12.1 Å². The molecule has 1 atom stereocenters. The SMILES string of the molecule is Cl.Cl.O=C(C=C1CCNC1)N[C@@H]1CCN(Cc2ccc3cc(F)ccc3c2)C1. The predicted octanol–water partition coefficient (Wildman–Crippen LogP) is 3.43. The topological polar surface area (TPSA) is 44.4 Å². The maximum absolute atomic E-state index is 13.3. The van der Waals surface area contributed by atoms with Crippen molar-refractivity contribution in [2.75, 3.05) is 26.2 Å². The predicted molar refractivity (Wildman–Crippen MR) is 116 cm³/mol. The van der Waals surface area contributed by atoms with Crippen LogP contribution in [0.4, 0.5) is 4.39 Å². The molecule has 2 aliphatic heterocycles. The zero-order valence-electron chi connectivity index (χ0n) is 15.6. The van der Waals surface area contributed by atoms with Gasteiger partial charge in [0, 0.05) is 38.3 Å². The summed E-state index contributed by atoms with van der Waals surface area (Å²) in [4.78, 5) is 14.5. The molecule has 2 saturated heterocycles. The van der Waals surface area contributed by atoms with E-state index < -0.39 is 0 Å². The molecule has 4 nitrogen and oxygen atoms in total. The molecule has 4 rings (SSSR count). The van der Waals surface area contributed by atoms with Crippen LogP contribution in [0.25, 0.3) is 10.8 Å². The molecule has 0 unspecified atom stereocenters. The van der Waals surface area contributed by atoms with Gasteiger partial charge in [-0.1, -0.05) is 18.2 Å². The van der Waals surface area contributed by atoms with Crippen LogP contribution in [0.2, 0.25) is 0 Å². The maximum Gasteiger partial charge on any atom is 0.244 e. The zero-order valence-corrected chi connectivity index (χ0v) is 17.3. The largest absolute Gasteiger partial charge is 0.348 e. The van der Waals surface area contributed by atoms with E-state index in [2.05, 4.69) is 27.7 Å². The molecule has 0 radical (unpaired) electrons. The highest BCUT2D eigenvalue weighted by atomic mass is 35.5. The molecule has 2 aliphatic rings. The summed E-state index contributed by atoms with van der Waals surface area (Å²) in [6.45, 7) is 4.49. The van der Waals surface area contributed by atoms with Gasteiger partial charge in [-0.05, 0) is 59.5 Å². The van der Waals surface area contributed by atoms with Crippen LogP contribution in [-0.4, -0.2) is 43.0 Å². The van der Waals surface area contributed by atoms with Crippen molar-refractivity contribution in [3.8, 4) is 0 Å². The van der Waals surface area contributed by atoms with Gasteiger partial charge < -0.3 is 10.6 Å². The van der Waals surface area contributed by atoms with Crippen molar-refractivity contribution >= 4 is 41.5 Å². The molecule has 0 aromatic heterocycles. The number of nitrogens with zero attached hydrogens (tertiary/aromatic N) is 1. The van der Waals surface area contributed by atoms with Crippen LogP contribution in [0.15, 0.2) is 48.0 Å². The summed E-state index contributed by atoms with van der Waals surface area (Å²) in [5.41, 5.74) is 2.40. The summed E-state index contributed by atoms with van der Waals surface area (Å²) >= 11 is 0. The average molecular weight is 426 g/mol. The van der Waals surface area contributed by atoms with Crippen molar-refractivity contribution in [1.82, 2.24) is 15.5 Å². The highest BCUT2D eigenvalue weighted by Crippen LogP contribution is 2.20. The lowest BCUT2D eigenvalue weighted by Gasteiger charge is -2.17. The van der Waals surface area contributed by atoms with Gasteiger partial charge in [0.1, 0.15) is 5.82 Å². The fourth-order valence-electron chi connectivity index (χ4n) is 3.85. The molecule has 1 amide bonds. The van der Waals surface area contributed by atoms with E-state index in [9.17, 15) is 9.18 Å². The van der Waals surface area contributed by atoms with Crippen LogP contribution in [-0.2, 0) is 11.3 Å². The Morgan fingerprint density at radius 3 is 2.79 bits per heavy atom. The normalized spacial score (nSPS) is 20.8. The number of benzene rings is 2. The van der Waals surface area contributed by atoms with Gasteiger partial charge in [0.05, 0.1) is 0 Å². The molecule has 152 valence electrons. The van der Waals surface area contributed by atoms with E-state index in [0.29, 0.717) is 0 Å². The first-order valence-corrected chi connectivity index (χ1v) is 9.27. The van der Waals surface area contributed by atoms with Crippen LogP contribution in [0.1, 0.15) is 18.4 Å². The average Bonchev–Trinajstić information content (AvgIpc) is 3.27. The van der Waals surface area contributed by atoms with Crippen molar-refractivity contribution in [1.29, 1.82) is 0 Å². The first-order valence-electron chi connectivity index (χ1n) is 9.27. The Balaban J connectivity index is 0.00000140. The first-order chi connectivity index (χ1) is 12.7. The summed E-state index contributed by atoms with van der Waals surface area (Å²) in [6, 6.07) is 11.3. The molecule has 0 aliphatic carbocycles. The number of fused-ring (bicyclic) bond motifs is 1. The fraction of sp³-hybridized carbons (Fsp3) is 0.381. The third-order valence-electron chi connectivity index (χ3n) is 5.20. The highest BCUT2D eigenvalue weighted by Gasteiger charge is 2.23. The molecule has 2 fully saturated rings.